The number of hydrogen-bond donors (Lipinski definition) is 2. The minimum absolute atomic E-state index is 0.877. The van der Waals surface area contributed by atoms with Crippen LogP contribution in [0, 0.1) is 0 Å². The van der Waals surface area contributed by atoms with E-state index in [1.54, 1.807) is 0 Å². The van der Waals surface area contributed by atoms with Crippen molar-refractivity contribution >= 4 is 10.9 Å². The van der Waals surface area contributed by atoms with Crippen LogP contribution in [0.15, 0.2) is 43.1 Å². The molecule has 15 heavy (non-hydrogen) atoms. The minimum atomic E-state index is 0.877. The fourth-order valence-corrected chi connectivity index (χ4v) is 1.77. The second-order valence-corrected chi connectivity index (χ2v) is 3.60. The molecule has 0 aliphatic rings. The van der Waals surface area contributed by atoms with Gasteiger partial charge in [-0.15, -0.1) is 6.58 Å². The molecule has 0 amide bonds. The normalized spacial score (nSPS) is 10.7. The lowest BCUT2D eigenvalue weighted by molar-refractivity contribution is 0.747. The Bertz CT molecular complexity index is 442. The van der Waals surface area contributed by atoms with Gasteiger partial charge in [0.05, 0.1) is 0 Å². The lowest BCUT2D eigenvalue weighted by Gasteiger charge is -2.00. The summed E-state index contributed by atoms with van der Waals surface area (Å²) < 4.78 is 0. The molecule has 2 nitrogen and oxygen atoms in total. The van der Waals surface area contributed by atoms with Gasteiger partial charge in [0.15, 0.2) is 0 Å². The van der Waals surface area contributed by atoms with Gasteiger partial charge in [-0.05, 0) is 24.6 Å². The first kappa shape index (κ1) is 9.99. The van der Waals surface area contributed by atoms with Crippen molar-refractivity contribution in [3.05, 3.63) is 48.7 Å². The monoisotopic (exact) mass is 200 g/mol. The SMILES string of the molecule is C=CCNCCc1c[nH]c2ccccc12. The molecule has 1 heterocycles. The number of hydrogen-bond acceptors (Lipinski definition) is 1. The van der Waals surface area contributed by atoms with E-state index in [0.29, 0.717) is 0 Å². The van der Waals surface area contributed by atoms with Crippen molar-refractivity contribution in [3.63, 3.8) is 0 Å². The molecule has 2 heteroatoms. The number of benzene rings is 1. The minimum Gasteiger partial charge on any atom is -0.361 e. The summed E-state index contributed by atoms with van der Waals surface area (Å²) in [6.07, 6.45) is 5.04. The first-order chi connectivity index (χ1) is 7.42. The summed E-state index contributed by atoms with van der Waals surface area (Å²) in [6, 6.07) is 8.40. The number of para-hydroxylation sites is 1. The highest BCUT2D eigenvalue weighted by molar-refractivity contribution is 5.83. The van der Waals surface area contributed by atoms with Gasteiger partial charge in [-0.3, -0.25) is 0 Å². The van der Waals surface area contributed by atoms with Gasteiger partial charge in [-0.1, -0.05) is 24.3 Å². The number of aromatic amines is 1. The van der Waals surface area contributed by atoms with Gasteiger partial charge in [0, 0.05) is 23.6 Å². The van der Waals surface area contributed by atoms with E-state index in [0.717, 1.165) is 19.5 Å². The van der Waals surface area contributed by atoms with Crippen molar-refractivity contribution in [2.24, 2.45) is 0 Å². The molecule has 0 spiro atoms. The predicted octanol–water partition coefficient (Wildman–Crippen LogP) is 2.49. The quantitative estimate of drug-likeness (QED) is 0.563. The molecule has 0 unspecified atom stereocenters. The summed E-state index contributed by atoms with van der Waals surface area (Å²) >= 11 is 0. The van der Waals surface area contributed by atoms with Gasteiger partial charge >= 0.3 is 0 Å². The molecule has 1 aromatic carbocycles. The van der Waals surface area contributed by atoms with Crippen LogP contribution in [0.1, 0.15) is 5.56 Å². The van der Waals surface area contributed by atoms with Crippen molar-refractivity contribution in [2.45, 2.75) is 6.42 Å². The van der Waals surface area contributed by atoms with Gasteiger partial charge in [0.1, 0.15) is 0 Å². The Balaban J connectivity index is 2.05. The van der Waals surface area contributed by atoms with Crippen molar-refractivity contribution in [1.82, 2.24) is 10.3 Å². The Morgan fingerprint density at radius 1 is 1.33 bits per heavy atom. The summed E-state index contributed by atoms with van der Waals surface area (Å²) in [6.45, 7) is 5.55. The Morgan fingerprint density at radius 2 is 2.20 bits per heavy atom. The topological polar surface area (TPSA) is 27.8 Å². The maximum atomic E-state index is 3.68. The zero-order valence-electron chi connectivity index (χ0n) is 8.79. The van der Waals surface area contributed by atoms with E-state index in [1.807, 2.05) is 6.08 Å². The first-order valence-electron chi connectivity index (χ1n) is 5.28. The molecule has 0 aliphatic carbocycles. The fourth-order valence-electron chi connectivity index (χ4n) is 1.77. The molecular weight excluding hydrogens is 184 g/mol. The summed E-state index contributed by atoms with van der Waals surface area (Å²) in [5.41, 5.74) is 2.60. The molecule has 1 aromatic heterocycles. The van der Waals surface area contributed by atoms with E-state index in [1.165, 1.54) is 16.5 Å². The fraction of sp³-hybridized carbons (Fsp3) is 0.231. The van der Waals surface area contributed by atoms with E-state index >= 15 is 0 Å². The van der Waals surface area contributed by atoms with Gasteiger partial charge in [0.2, 0.25) is 0 Å². The molecule has 2 aromatic rings. The van der Waals surface area contributed by atoms with Crippen LogP contribution in [0.3, 0.4) is 0 Å². The van der Waals surface area contributed by atoms with Gasteiger partial charge in [-0.25, -0.2) is 0 Å². The van der Waals surface area contributed by atoms with Crippen LogP contribution >= 0.6 is 0 Å². The molecule has 0 saturated carbocycles. The smallest absolute Gasteiger partial charge is 0.0456 e. The number of fused-ring (bicyclic) bond motifs is 1. The Hall–Kier alpha value is -1.54. The second-order valence-electron chi connectivity index (χ2n) is 3.60. The van der Waals surface area contributed by atoms with Gasteiger partial charge in [0.25, 0.3) is 0 Å². The highest BCUT2D eigenvalue weighted by Crippen LogP contribution is 2.17. The Kier molecular flexibility index (Phi) is 3.20. The number of H-pyrrole nitrogens is 1. The second kappa shape index (κ2) is 4.80. The highest BCUT2D eigenvalue weighted by Gasteiger charge is 2.01. The van der Waals surface area contributed by atoms with Crippen LogP contribution in [0.25, 0.3) is 10.9 Å². The average molecular weight is 200 g/mol. The van der Waals surface area contributed by atoms with E-state index in [9.17, 15) is 0 Å². The molecule has 2 rings (SSSR count). The van der Waals surface area contributed by atoms with Crippen molar-refractivity contribution in [3.8, 4) is 0 Å². The van der Waals surface area contributed by atoms with Crippen LogP contribution in [-0.4, -0.2) is 18.1 Å². The molecule has 0 saturated heterocycles. The third kappa shape index (κ3) is 2.28. The summed E-state index contributed by atoms with van der Waals surface area (Å²) in [5.74, 6) is 0. The molecule has 0 bridgehead atoms. The summed E-state index contributed by atoms with van der Waals surface area (Å²) in [5, 5.41) is 4.64. The standard InChI is InChI=1S/C13H16N2/c1-2-8-14-9-7-11-10-15-13-6-4-3-5-12(11)13/h2-6,10,14-15H,1,7-9H2. The molecule has 78 valence electrons. The van der Waals surface area contributed by atoms with Gasteiger partial charge < -0.3 is 10.3 Å². The third-order valence-corrected chi connectivity index (χ3v) is 2.53. The molecule has 2 N–H and O–H groups in total. The average Bonchev–Trinajstić information content (AvgIpc) is 2.68. The van der Waals surface area contributed by atoms with Crippen LogP contribution in [0.5, 0.6) is 0 Å². The zero-order valence-corrected chi connectivity index (χ0v) is 8.79. The third-order valence-electron chi connectivity index (χ3n) is 2.53. The Labute approximate surface area is 90.0 Å². The summed E-state index contributed by atoms with van der Waals surface area (Å²) in [7, 11) is 0. The summed E-state index contributed by atoms with van der Waals surface area (Å²) in [4.78, 5) is 3.28. The zero-order chi connectivity index (χ0) is 10.5. The van der Waals surface area contributed by atoms with Crippen LogP contribution in [0.2, 0.25) is 0 Å². The van der Waals surface area contributed by atoms with Gasteiger partial charge in [-0.2, -0.15) is 0 Å². The Morgan fingerprint density at radius 3 is 3.07 bits per heavy atom. The molecule has 0 fully saturated rings. The molecule has 0 atom stereocenters. The molecule has 0 aliphatic heterocycles. The maximum absolute atomic E-state index is 3.68. The van der Waals surface area contributed by atoms with Crippen LogP contribution in [-0.2, 0) is 6.42 Å². The number of rotatable bonds is 5. The van der Waals surface area contributed by atoms with Crippen molar-refractivity contribution in [1.29, 1.82) is 0 Å². The maximum Gasteiger partial charge on any atom is 0.0456 e. The predicted molar refractivity (Wildman–Crippen MR) is 65.1 cm³/mol. The first-order valence-corrected chi connectivity index (χ1v) is 5.28. The van der Waals surface area contributed by atoms with E-state index in [-0.39, 0.29) is 0 Å². The van der Waals surface area contributed by atoms with Crippen LogP contribution in [0.4, 0.5) is 0 Å². The largest absolute Gasteiger partial charge is 0.361 e. The lowest BCUT2D eigenvalue weighted by atomic mass is 10.1. The van der Waals surface area contributed by atoms with E-state index in [2.05, 4.69) is 47.3 Å². The number of nitrogens with one attached hydrogen (secondary N) is 2. The van der Waals surface area contributed by atoms with Crippen molar-refractivity contribution < 1.29 is 0 Å². The molecule has 0 radical (unpaired) electrons. The number of aromatic nitrogens is 1. The van der Waals surface area contributed by atoms with Crippen molar-refractivity contribution in [2.75, 3.05) is 13.1 Å². The lowest BCUT2D eigenvalue weighted by Crippen LogP contribution is -2.16. The van der Waals surface area contributed by atoms with E-state index in [4.69, 9.17) is 0 Å². The molecular formula is C13H16N2. The van der Waals surface area contributed by atoms with E-state index < -0.39 is 0 Å². The highest BCUT2D eigenvalue weighted by atomic mass is 14.8. The van der Waals surface area contributed by atoms with Crippen LogP contribution < -0.4 is 5.32 Å².